The van der Waals surface area contributed by atoms with Gasteiger partial charge in [-0.25, -0.2) is 4.79 Å². The highest BCUT2D eigenvalue weighted by atomic mass is 16.5. The summed E-state index contributed by atoms with van der Waals surface area (Å²) in [5.74, 6) is -0.552. The number of carbonyl (C=O) groups excluding carboxylic acids is 2. The van der Waals surface area contributed by atoms with E-state index in [1.54, 1.807) is 24.3 Å². The van der Waals surface area contributed by atoms with Crippen LogP contribution in [0, 0.1) is 0 Å². The van der Waals surface area contributed by atoms with Gasteiger partial charge in [0, 0.05) is 12.2 Å². The number of rotatable bonds is 7. The fraction of sp³-hybridized carbons (Fsp3) is 0.375. The van der Waals surface area contributed by atoms with Gasteiger partial charge in [0.25, 0.3) is 0 Å². The van der Waals surface area contributed by atoms with Gasteiger partial charge in [-0.15, -0.1) is 0 Å². The van der Waals surface area contributed by atoms with Crippen LogP contribution in [0.15, 0.2) is 36.4 Å². The predicted molar refractivity (Wildman–Crippen MR) is 83.3 cm³/mol. The lowest BCUT2D eigenvalue weighted by Crippen LogP contribution is -2.34. The highest BCUT2D eigenvalue weighted by molar-refractivity contribution is 5.95. The second-order valence-electron chi connectivity index (χ2n) is 4.88. The van der Waals surface area contributed by atoms with Crippen molar-refractivity contribution in [1.82, 2.24) is 4.90 Å². The Morgan fingerprint density at radius 3 is 2.62 bits per heavy atom. The summed E-state index contributed by atoms with van der Waals surface area (Å²) in [7, 11) is 1.32. The summed E-state index contributed by atoms with van der Waals surface area (Å²) in [5.41, 5.74) is 2.00. The quantitative estimate of drug-likeness (QED) is 0.618. The number of esters is 1. The average molecular weight is 290 g/mol. The van der Waals surface area contributed by atoms with E-state index < -0.39 is 5.97 Å². The third kappa shape index (κ3) is 5.79. The van der Waals surface area contributed by atoms with Crippen LogP contribution in [-0.2, 0) is 9.53 Å². The molecule has 0 heterocycles. The molecule has 0 fully saturated rings. The topological polar surface area (TPSA) is 58.6 Å². The molecule has 1 N–H and O–H groups in total. The van der Waals surface area contributed by atoms with E-state index >= 15 is 0 Å². The molecule has 21 heavy (non-hydrogen) atoms. The van der Waals surface area contributed by atoms with Crippen molar-refractivity contribution >= 4 is 17.6 Å². The molecule has 5 nitrogen and oxygen atoms in total. The molecule has 0 saturated heterocycles. The van der Waals surface area contributed by atoms with Gasteiger partial charge < -0.3 is 10.1 Å². The Labute approximate surface area is 125 Å². The normalized spacial score (nSPS) is 10.3. The molecular formula is C16H22N2O3. The summed E-state index contributed by atoms with van der Waals surface area (Å²) in [6.45, 7) is 9.51. The number of hydrogen-bond acceptors (Lipinski definition) is 4. The lowest BCUT2D eigenvalue weighted by molar-refractivity contribution is -0.117. The largest absolute Gasteiger partial charge is 0.465 e. The molecule has 0 radical (unpaired) electrons. The predicted octanol–water partition coefficient (Wildman–Crippen LogP) is 2.31. The van der Waals surface area contributed by atoms with Crippen LogP contribution in [-0.4, -0.2) is 43.5 Å². The standard InChI is InChI=1S/C16H22N2O3/c1-5-18(10-12(2)3)11-15(19)17-14-8-6-7-13(9-14)16(20)21-4/h6-9H,2,5,10-11H2,1,3-4H3,(H,17,19). The van der Waals surface area contributed by atoms with Crippen LogP contribution in [0.1, 0.15) is 24.2 Å². The first-order valence-corrected chi connectivity index (χ1v) is 6.81. The van der Waals surface area contributed by atoms with Crippen molar-refractivity contribution in [3.8, 4) is 0 Å². The Kier molecular flexibility index (Phi) is 6.62. The molecule has 5 heteroatoms. The highest BCUT2D eigenvalue weighted by Crippen LogP contribution is 2.11. The Hall–Kier alpha value is -2.14. The van der Waals surface area contributed by atoms with Gasteiger partial charge in [0.05, 0.1) is 19.2 Å². The molecule has 0 aliphatic heterocycles. The molecule has 0 aromatic heterocycles. The van der Waals surface area contributed by atoms with Gasteiger partial charge in [-0.2, -0.15) is 0 Å². The van der Waals surface area contributed by atoms with Crippen molar-refractivity contribution in [2.75, 3.05) is 32.1 Å². The molecule has 1 amide bonds. The zero-order valence-corrected chi connectivity index (χ0v) is 12.8. The van der Waals surface area contributed by atoms with Crippen LogP contribution in [0.2, 0.25) is 0 Å². The van der Waals surface area contributed by atoms with E-state index in [4.69, 9.17) is 0 Å². The zero-order chi connectivity index (χ0) is 15.8. The van der Waals surface area contributed by atoms with Crippen molar-refractivity contribution in [3.05, 3.63) is 42.0 Å². The first kappa shape index (κ1) is 16.9. The number of amides is 1. The van der Waals surface area contributed by atoms with Crippen molar-refractivity contribution in [3.63, 3.8) is 0 Å². The third-order valence-electron chi connectivity index (χ3n) is 2.88. The number of likely N-dealkylation sites (N-methyl/N-ethyl adjacent to an activating group) is 1. The lowest BCUT2D eigenvalue weighted by Gasteiger charge is -2.19. The van der Waals surface area contributed by atoms with Gasteiger partial charge in [-0.1, -0.05) is 25.1 Å². The number of methoxy groups -OCH3 is 1. The van der Waals surface area contributed by atoms with Crippen LogP contribution in [0.5, 0.6) is 0 Å². The third-order valence-corrected chi connectivity index (χ3v) is 2.88. The van der Waals surface area contributed by atoms with Gasteiger partial charge in [0.2, 0.25) is 5.91 Å². The number of benzene rings is 1. The molecular weight excluding hydrogens is 268 g/mol. The average Bonchev–Trinajstić information content (AvgIpc) is 2.45. The van der Waals surface area contributed by atoms with E-state index in [0.29, 0.717) is 17.8 Å². The maximum atomic E-state index is 12.0. The molecule has 0 spiro atoms. The summed E-state index contributed by atoms with van der Waals surface area (Å²) in [4.78, 5) is 25.4. The number of nitrogens with zero attached hydrogens (tertiary/aromatic N) is 1. The first-order chi connectivity index (χ1) is 9.96. The molecule has 0 atom stereocenters. The minimum absolute atomic E-state index is 0.125. The highest BCUT2D eigenvalue weighted by Gasteiger charge is 2.11. The van der Waals surface area contributed by atoms with E-state index in [1.165, 1.54) is 7.11 Å². The van der Waals surface area contributed by atoms with Gasteiger partial charge in [0.1, 0.15) is 0 Å². The van der Waals surface area contributed by atoms with Gasteiger partial charge in [-0.05, 0) is 31.7 Å². The molecule has 0 unspecified atom stereocenters. The van der Waals surface area contributed by atoms with Crippen LogP contribution in [0.4, 0.5) is 5.69 Å². The molecule has 1 aromatic rings. The van der Waals surface area contributed by atoms with Crippen molar-refractivity contribution in [1.29, 1.82) is 0 Å². The monoisotopic (exact) mass is 290 g/mol. The summed E-state index contributed by atoms with van der Waals surface area (Å²) < 4.78 is 4.65. The number of carbonyl (C=O) groups is 2. The van der Waals surface area contributed by atoms with E-state index in [2.05, 4.69) is 16.6 Å². The first-order valence-electron chi connectivity index (χ1n) is 6.81. The number of nitrogens with one attached hydrogen (secondary N) is 1. The fourth-order valence-electron chi connectivity index (χ4n) is 1.91. The molecule has 0 aliphatic rings. The summed E-state index contributed by atoms with van der Waals surface area (Å²) in [6.07, 6.45) is 0. The van der Waals surface area contributed by atoms with Gasteiger partial charge >= 0.3 is 5.97 Å². The van der Waals surface area contributed by atoms with E-state index in [1.807, 2.05) is 18.7 Å². The van der Waals surface area contributed by atoms with Crippen LogP contribution in [0.25, 0.3) is 0 Å². The lowest BCUT2D eigenvalue weighted by atomic mass is 10.2. The van der Waals surface area contributed by atoms with Crippen LogP contribution >= 0.6 is 0 Å². The Morgan fingerprint density at radius 2 is 2.05 bits per heavy atom. The summed E-state index contributed by atoms with van der Waals surface area (Å²) >= 11 is 0. The zero-order valence-electron chi connectivity index (χ0n) is 12.8. The van der Waals surface area contributed by atoms with Gasteiger partial charge in [-0.3, -0.25) is 9.69 Å². The maximum Gasteiger partial charge on any atom is 0.337 e. The molecule has 0 aliphatic carbocycles. The van der Waals surface area contributed by atoms with Crippen molar-refractivity contribution in [2.45, 2.75) is 13.8 Å². The Morgan fingerprint density at radius 1 is 1.33 bits per heavy atom. The van der Waals surface area contributed by atoms with Crippen molar-refractivity contribution < 1.29 is 14.3 Å². The molecule has 114 valence electrons. The fourth-order valence-corrected chi connectivity index (χ4v) is 1.91. The summed E-state index contributed by atoms with van der Waals surface area (Å²) in [6, 6.07) is 6.67. The Bertz CT molecular complexity index is 526. The SMILES string of the molecule is C=C(C)CN(CC)CC(=O)Nc1cccc(C(=O)OC)c1. The molecule has 0 saturated carbocycles. The second kappa shape index (κ2) is 8.21. The van der Waals surface area contributed by atoms with Crippen LogP contribution < -0.4 is 5.32 Å². The van der Waals surface area contributed by atoms with E-state index in [9.17, 15) is 9.59 Å². The molecule has 1 rings (SSSR count). The minimum atomic E-state index is -0.427. The molecule has 0 bridgehead atoms. The number of ether oxygens (including phenoxy) is 1. The van der Waals surface area contributed by atoms with E-state index in [-0.39, 0.29) is 12.5 Å². The van der Waals surface area contributed by atoms with E-state index in [0.717, 1.165) is 12.1 Å². The summed E-state index contributed by atoms with van der Waals surface area (Å²) in [5, 5.41) is 2.78. The number of hydrogen-bond donors (Lipinski definition) is 1. The Balaban J connectivity index is 2.66. The van der Waals surface area contributed by atoms with Crippen LogP contribution in [0.3, 0.4) is 0 Å². The van der Waals surface area contributed by atoms with Gasteiger partial charge in [0.15, 0.2) is 0 Å². The maximum absolute atomic E-state index is 12.0. The second-order valence-corrected chi connectivity index (χ2v) is 4.88. The number of anilines is 1. The minimum Gasteiger partial charge on any atom is -0.465 e. The smallest absolute Gasteiger partial charge is 0.337 e. The van der Waals surface area contributed by atoms with Crippen molar-refractivity contribution in [2.24, 2.45) is 0 Å². The molecule has 1 aromatic carbocycles.